The normalized spacial score (nSPS) is 26.3. The predicted molar refractivity (Wildman–Crippen MR) is 88.4 cm³/mol. The lowest BCUT2D eigenvalue weighted by Gasteiger charge is -2.41. The van der Waals surface area contributed by atoms with Gasteiger partial charge in [0.1, 0.15) is 5.82 Å². The third-order valence-electron chi connectivity index (χ3n) is 5.20. The number of hydrogen-bond donors (Lipinski definition) is 1. The Labute approximate surface area is 129 Å². The average molecular weight is 287 g/mol. The number of likely N-dealkylation sites (tertiary alicyclic amines) is 1. The number of piperidine rings is 1. The number of nitrogens with zero attached hydrogens (tertiary/aromatic N) is 2. The summed E-state index contributed by atoms with van der Waals surface area (Å²) >= 11 is 0. The third kappa shape index (κ3) is 3.76. The number of hydrogen-bond acceptors (Lipinski definition) is 3. The van der Waals surface area contributed by atoms with Gasteiger partial charge in [-0.05, 0) is 43.7 Å². The highest BCUT2D eigenvalue weighted by Gasteiger charge is 2.31. The molecule has 1 aliphatic heterocycles. The topological polar surface area (TPSA) is 28.2 Å². The second-order valence-electron chi connectivity index (χ2n) is 6.77. The van der Waals surface area contributed by atoms with Crippen molar-refractivity contribution in [3.8, 4) is 0 Å². The lowest BCUT2D eigenvalue weighted by Crippen LogP contribution is -2.41. The quantitative estimate of drug-likeness (QED) is 0.890. The first-order valence-corrected chi connectivity index (χ1v) is 8.77. The number of pyridine rings is 1. The zero-order valence-electron chi connectivity index (χ0n) is 13.4. The Morgan fingerprint density at radius 3 is 2.95 bits per heavy atom. The summed E-state index contributed by atoms with van der Waals surface area (Å²) in [5.41, 5.74) is 1.36. The van der Waals surface area contributed by atoms with Crippen LogP contribution in [0.25, 0.3) is 0 Å². The molecule has 116 valence electrons. The van der Waals surface area contributed by atoms with E-state index >= 15 is 0 Å². The van der Waals surface area contributed by atoms with Crippen LogP contribution >= 0.6 is 0 Å². The van der Waals surface area contributed by atoms with E-state index in [9.17, 15) is 0 Å². The Balaban J connectivity index is 1.61. The van der Waals surface area contributed by atoms with Crippen LogP contribution in [0.4, 0.5) is 5.82 Å². The number of aromatic nitrogens is 1. The van der Waals surface area contributed by atoms with Crippen molar-refractivity contribution in [2.45, 2.75) is 52.0 Å². The molecule has 0 aromatic carbocycles. The van der Waals surface area contributed by atoms with Gasteiger partial charge in [-0.15, -0.1) is 0 Å². The largest absolute Gasteiger partial charge is 0.370 e. The van der Waals surface area contributed by atoms with Crippen LogP contribution in [0.5, 0.6) is 0 Å². The molecular formula is C18H29N3. The standard InChI is InChI=1S/C18H29N3/c1-2-10-19-18-17(8-5-11-20-18)14-21-12-9-15-6-3-4-7-16(15)13-21/h5,8,11,15-16H,2-4,6-7,9-10,12-14H2,1H3,(H,19,20). The van der Waals surface area contributed by atoms with Crippen molar-refractivity contribution in [3.63, 3.8) is 0 Å². The van der Waals surface area contributed by atoms with Crippen LogP contribution in [0, 0.1) is 11.8 Å². The molecule has 3 heteroatoms. The van der Waals surface area contributed by atoms with E-state index in [1.165, 1.54) is 50.8 Å². The molecule has 1 aromatic heterocycles. The van der Waals surface area contributed by atoms with Crippen LogP contribution in [0.1, 0.15) is 51.0 Å². The first-order valence-electron chi connectivity index (χ1n) is 8.77. The van der Waals surface area contributed by atoms with Crippen molar-refractivity contribution < 1.29 is 0 Å². The average Bonchev–Trinajstić information content (AvgIpc) is 2.54. The van der Waals surface area contributed by atoms with E-state index in [0.29, 0.717) is 0 Å². The zero-order valence-corrected chi connectivity index (χ0v) is 13.4. The van der Waals surface area contributed by atoms with E-state index in [1.54, 1.807) is 0 Å². The van der Waals surface area contributed by atoms with Crippen molar-refractivity contribution in [2.75, 3.05) is 25.0 Å². The first kappa shape index (κ1) is 14.8. The fourth-order valence-electron chi connectivity index (χ4n) is 4.03. The molecule has 0 radical (unpaired) electrons. The van der Waals surface area contributed by atoms with Gasteiger partial charge in [0.25, 0.3) is 0 Å². The number of nitrogens with one attached hydrogen (secondary N) is 1. The molecule has 1 aliphatic carbocycles. The summed E-state index contributed by atoms with van der Waals surface area (Å²) in [7, 11) is 0. The van der Waals surface area contributed by atoms with E-state index in [0.717, 1.165) is 37.2 Å². The van der Waals surface area contributed by atoms with Gasteiger partial charge in [0.05, 0.1) is 0 Å². The minimum absolute atomic E-state index is 0.955. The third-order valence-corrected chi connectivity index (χ3v) is 5.20. The van der Waals surface area contributed by atoms with Gasteiger partial charge in [-0.1, -0.05) is 32.3 Å². The molecule has 2 aliphatic rings. The van der Waals surface area contributed by atoms with E-state index in [-0.39, 0.29) is 0 Å². The summed E-state index contributed by atoms with van der Waals surface area (Å²) in [5, 5.41) is 3.47. The van der Waals surface area contributed by atoms with Crippen molar-refractivity contribution in [1.29, 1.82) is 0 Å². The van der Waals surface area contributed by atoms with Gasteiger partial charge >= 0.3 is 0 Å². The molecule has 2 atom stereocenters. The summed E-state index contributed by atoms with van der Waals surface area (Å²) in [6.45, 7) is 6.83. The van der Waals surface area contributed by atoms with Gasteiger partial charge in [-0.25, -0.2) is 4.98 Å². The molecule has 2 heterocycles. The minimum Gasteiger partial charge on any atom is -0.370 e. The maximum atomic E-state index is 4.53. The molecule has 0 amide bonds. The lowest BCUT2D eigenvalue weighted by atomic mass is 9.75. The maximum Gasteiger partial charge on any atom is 0.130 e. The zero-order chi connectivity index (χ0) is 14.5. The highest BCUT2D eigenvalue weighted by atomic mass is 15.1. The molecule has 3 rings (SSSR count). The van der Waals surface area contributed by atoms with E-state index in [2.05, 4.69) is 34.3 Å². The van der Waals surface area contributed by atoms with Gasteiger partial charge in [-0.2, -0.15) is 0 Å². The molecule has 1 saturated carbocycles. The van der Waals surface area contributed by atoms with E-state index in [1.807, 2.05) is 6.20 Å². The monoisotopic (exact) mass is 287 g/mol. The second kappa shape index (κ2) is 7.26. The van der Waals surface area contributed by atoms with Crippen molar-refractivity contribution in [2.24, 2.45) is 11.8 Å². The van der Waals surface area contributed by atoms with Gasteiger partial charge < -0.3 is 5.32 Å². The fourth-order valence-corrected chi connectivity index (χ4v) is 4.03. The minimum atomic E-state index is 0.955. The molecule has 1 saturated heterocycles. The molecule has 2 unspecified atom stereocenters. The molecular weight excluding hydrogens is 258 g/mol. The number of fused-ring (bicyclic) bond motifs is 1. The van der Waals surface area contributed by atoms with Gasteiger partial charge in [0.2, 0.25) is 0 Å². The van der Waals surface area contributed by atoms with E-state index in [4.69, 9.17) is 0 Å². The molecule has 1 aromatic rings. The van der Waals surface area contributed by atoms with Crippen molar-refractivity contribution in [3.05, 3.63) is 23.9 Å². The predicted octanol–water partition coefficient (Wildman–Crippen LogP) is 3.92. The van der Waals surface area contributed by atoms with Crippen LogP contribution in [0.3, 0.4) is 0 Å². The summed E-state index contributed by atoms with van der Waals surface area (Å²) in [5.74, 6) is 3.06. The molecule has 2 fully saturated rings. The van der Waals surface area contributed by atoms with Crippen molar-refractivity contribution in [1.82, 2.24) is 9.88 Å². The number of anilines is 1. The highest BCUT2D eigenvalue weighted by molar-refractivity contribution is 5.43. The SMILES string of the molecule is CCCNc1ncccc1CN1CCC2CCCCC2C1. The summed E-state index contributed by atoms with van der Waals surface area (Å²) in [6.07, 6.45) is 10.3. The van der Waals surface area contributed by atoms with Gasteiger partial charge in [0.15, 0.2) is 0 Å². The molecule has 1 N–H and O–H groups in total. The molecule has 21 heavy (non-hydrogen) atoms. The van der Waals surface area contributed by atoms with Gasteiger partial charge in [0, 0.05) is 31.4 Å². The summed E-state index contributed by atoms with van der Waals surface area (Å²) in [6, 6.07) is 4.30. The lowest BCUT2D eigenvalue weighted by molar-refractivity contribution is 0.0821. The summed E-state index contributed by atoms with van der Waals surface area (Å²) < 4.78 is 0. The molecule has 0 bridgehead atoms. The Morgan fingerprint density at radius 2 is 2.10 bits per heavy atom. The Morgan fingerprint density at radius 1 is 1.24 bits per heavy atom. The van der Waals surface area contributed by atoms with Crippen LogP contribution < -0.4 is 5.32 Å². The van der Waals surface area contributed by atoms with Crippen molar-refractivity contribution >= 4 is 5.82 Å². The van der Waals surface area contributed by atoms with Crippen LogP contribution in [0.2, 0.25) is 0 Å². The number of rotatable bonds is 5. The maximum absolute atomic E-state index is 4.53. The molecule has 3 nitrogen and oxygen atoms in total. The van der Waals surface area contributed by atoms with Crippen LogP contribution in [-0.2, 0) is 6.54 Å². The molecule has 0 spiro atoms. The second-order valence-corrected chi connectivity index (χ2v) is 6.77. The Kier molecular flexibility index (Phi) is 5.13. The van der Waals surface area contributed by atoms with Gasteiger partial charge in [-0.3, -0.25) is 4.90 Å². The van der Waals surface area contributed by atoms with E-state index < -0.39 is 0 Å². The Bertz CT molecular complexity index is 446. The van der Waals surface area contributed by atoms with Crippen LogP contribution in [0.15, 0.2) is 18.3 Å². The summed E-state index contributed by atoms with van der Waals surface area (Å²) in [4.78, 5) is 7.18. The smallest absolute Gasteiger partial charge is 0.130 e. The fraction of sp³-hybridized carbons (Fsp3) is 0.722. The highest BCUT2D eigenvalue weighted by Crippen LogP contribution is 2.36. The first-order chi connectivity index (χ1) is 10.4. The Hall–Kier alpha value is -1.09. The van der Waals surface area contributed by atoms with Crippen LogP contribution in [-0.4, -0.2) is 29.5 Å².